The van der Waals surface area contributed by atoms with Crippen molar-refractivity contribution in [1.29, 1.82) is 0 Å². The van der Waals surface area contributed by atoms with Gasteiger partial charge in [-0.2, -0.15) is 0 Å². The SMILES string of the molecule is CC1=C(C)C(=O)C(C(C2=C(C)C(=O)C(C)=C(C)C2=O)c2ccc(N(C)C)cc2)=C(C)C1=O. The summed E-state index contributed by atoms with van der Waals surface area (Å²) < 4.78 is 0. The molecule has 0 aliphatic heterocycles. The van der Waals surface area contributed by atoms with Crippen LogP contribution in [0, 0.1) is 0 Å². The zero-order valence-corrected chi connectivity index (χ0v) is 20.0. The van der Waals surface area contributed by atoms with E-state index in [0.717, 1.165) is 5.69 Å². The van der Waals surface area contributed by atoms with Gasteiger partial charge in [0.25, 0.3) is 0 Å². The average Bonchev–Trinajstić information content (AvgIpc) is 2.78. The lowest BCUT2D eigenvalue weighted by atomic mass is 9.70. The number of hydrogen-bond donors (Lipinski definition) is 0. The molecule has 0 amide bonds. The Morgan fingerprint density at radius 2 is 0.875 bits per heavy atom. The van der Waals surface area contributed by atoms with Crippen molar-refractivity contribution in [3.63, 3.8) is 0 Å². The van der Waals surface area contributed by atoms with Crippen LogP contribution in [0.1, 0.15) is 53.0 Å². The zero-order chi connectivity index (χ0) is 24.1. The first-order valence-electron chi connectivity index (χ1n) is 10.6. The van der Waals surface area contributed by atoms with Crippen molar-refractivity contribution in [1.82, 2.24) is 0 Å². The molecular formula is C27H29NO4. The van der Waals surface area contributed by atoms with Gasteiger partial charge in [0.05, 0.1) is 0 Å². The topological polar surface area (TPSA) is 71.5 Å². The maximum Gasteiger partial charge on any atom is 0.186 e. The van der Waals surface area contributed by atoms with Crippen LogP contribution in [-0.2, 0) is 19.2 Å². The molecule has 3 rings (SSSR count). The summed E-state index contributed by atoms with van der Waals surface area (Å²) in [6, 6.07) is 7.52. The molecule has 5 nitrogen and oxygen atoms in total. The van der Waals surface area contributed by atoms with Gasteiger partial charge in [0, 0.05) is 70.3 Å². The molecule has 32 heavy (non-hydrogen) atoms. The molecule has 1 aromatic carbocycles. The number of rotatable bonds is 4. The van der Waals surface area contributed by atoms with Gasteiger partial charge in [-0.3, -0.25) is 19.2 Å². The number of allylic oxidation sites excluding steroid dienone is 8. The molecule has 0 saturated carbocycles. The number of anilines is 1. The lowest BCUT2D eigenvalue weighted by molar-refractivity contribution is -0.117. The molecule has 0 heterocycles. The molecule has 0 spiro atoms. The molecule has 0 bridgehead atoms. The summed E-state index contributed by atoms with van der Waals surface area (Å²) in [5.41, 5.74) is 4.44. The molecule has 2 aliphatic carbocycles. The number of Topliss-reactive ketones (excluding diaryl/α,β-unsaturated/α-hetero) is 4. The largest absolute Gasteiger partial charge is 0.378 e. The Balaban J connectivity index is 2.34. The maximum absolute atomic E-state index is 13.5. The number of carbonyl (C=O) groups is 4. The third kappa shape index (κ3) is 3.52. The minimum absolute atomic E-state index is 0.205. The first-order chi connectivity index (χ1) is 14.9. The van der Waals surface area contributed by atoms with E-state index in [1.807, 2.05) is 43.3 Å². The van der Waals surface area contributed by atoms with E-state index in [-0.39, 0.29) is 34.3 Å². The van der Waals surface area contributed by atoms with Crippen molar-refractivity contribution in [3.05, 3.63) is 74.4 Å². The smallest absolute Gasteiger partial charge is 0.186 e. The maximum atomic E-state index is 13.5. The Morgan fingerprint density at radius 1 is 0.531 bits per heavy atom. The molecule has 166 valence electrons. The summed E-state index contributed by atoms with van der Waals surface area (Å²) >= 11 is 0. The second-order valence-electron chi connectivity index (χ2n) is 8.81. The van der Waals surface area contributed by atoms with E-state index in [0.29, 0.717) is 39.0 Å². The summed E-state index contributed by atoms with van der Waals surface area (Å²) in [4.78, 5) is 54.8. The van der Waals surface area contributed by atoms with Crippen molar-refractivity contribution in [3.8, 4) is 0 Å². The van der Waals surface area contributed by atoms with E-state index in [1.165, 1.54) is 0 Å². The lowest BCUT2D eigenvalue weighted by Gasteiger charge is -2.31. The van der Waals surface area contributed by atoms with Gasteiger partial charge in [0.15, 0.2) is 23.1 Å². The van der Waals surface area contributed by atoms with Gasteiger partial charge in [0.1, 0.15) is 0 Å². The standard InChI is InChI=1S/C27H29NO4/c1-13-15(3)26(31)21(17(5)24(13)29)23(19-9-11-20(12-10-19)28(7)8)22-18(6)25(30)14(2)16(4)27(22)32/h9-12,23H,1-8H3. The van der Waals surface area contributed by atoms with E-state index in [1.54, 1.807) is 41.5 Å². The van der Waals surface area contributed by atoms with Gasteiger partial charge in [-0.25, -0.2) is 0 Å². The molecule has 2 aliphatic rings. The molecule has 0 N–H and O–H groups in total. The summed E-state index contributed by atoms with van der Waals surface area (Å²) in [7, 11) is 3.85. The minimum Gasteiger partial charge on any atom is -0.378 e. The van der Waals surface area contributed by atoms with Gasteiger partial charge in [-0.1, -0.05) is 12.1 Å². The van der Waals surface area contributed by atoms with E-state index in [4.69, 9.17) is 0 Å². The second kappa shape index (κ2) is 8.30. The Kier molecular flexibility index (Phi) is 6.05. The van der Waals surface area contributed by atoms with Crippen molar-refractivity contribution < 1.29 is 19.2 Å². The van der Waals surface area contributed by atoms with E-state index in [9.17, 15) is 19.2 Å². The number of hydrogen-bond acceptors (Lipinski definition) is 5. The Hall–Kier alpha value is -3.34. The van der Waals surface area contributed by atoms with Crippen LogP contribution in [0.15, 0.2) is 68.9 Å². The normalized spacial score (nSPS) is 18.0. The molecule has 0 saturated heterocycles. The average molecular weight is 432 g/mol. The highest BCUT2D eigenvalue weighted by Crippen LogP contribution is 2.43. The third-order valence-electron chi connectivity index (χ3n) is 6.79. The predicted molar refractivity (Wildman–Crippen MR) is 126 cm³/mol. The lowest BCUT2D eigenvalue weighted by Crippen LogP contribution is -2.30. The zero-order valence-electron chi connectivity index (χ0n) is 20.0. The highest BCUT2D eigenvalue weighted by atomic mass is 16.1. The first kappa shape index (κ1) is 23.3. The molecule has 0 aromatic heterocycles. The summed E-state index contributed by atoms with van der Waals surface area (Å²) in [6.07, 6.45) is 0. The predicted octanol–water partition coefficient (Wildman–Crippen LogP) is 4.45. The molecule has 0 fully saturated rings. The van der Waals surface area contributed by atoms with Gasteiger partial charge in [-0.15, -0.1) is 0 Å². The second-order valence-corrected chi connectivity index (χ2v) is 8.81. The van der Waals surface area contributed by atoms with E-state index >= 15 is 0 Å². The summed E-state index contributed by atoms with van der Waals surface area (Å²) in [5, 5.41) is 0. The molecular weight excluding hydrogens is 402 g/mol. The molecule has 0 radical (unpaired) electrons. The fourth-order valence-electron chi connectivity index (χ4n) is 4.37. The van der Waals surface area contributed by atoms with Gasteiger partial charge in [0.2, 0.25) is 0 Å². The van der Waals surface area contributed by atoms with Crippen LogP contribution in [0.3, 0.4) is 0 Å². The monoisotopic (exact) mass is 431 g/mol. The molecule has 0 unspecified atom stereocenters. The van der Waals surface area contributed by atoms with Crippen LogP contribution in [0.25, 0.3) is 0 Å². The van der Waals surface area contributed by atoms with Crippen LogP contribution in [-0.4, -0.2) is 37.2 Å². The van der Waals surface area contributed by atoms with Crippen LogP contribution in [0.5, 0.6) is 0 Å². The fourth-order valence-corrected chi connectivity index (χ4v) is 4.37. The first-order valence-corrected chi connectivity index (χ1v) is 10.6. The van der Waals surface area contributed by atoms with E-state index < -0.39 is 5.92 Å². The third-order valence-corrected chi connectivity index (χ3v) is 6.79. The van der Waals surface area contributed by atoms with Gasteiger partial charge >= 0.3 is 0 Å². The summed E-state index contributed by atoms with van der Waals surface area (Å²) in [5.74, 6) is -1.73. The van der Waals surface area contributed by atoms with Crippen LogP contribution >= 0.6 is 0 Å². The van der Waals surface area contributed by atoms with Crippen LogP contribution in [0.2, 0.25) is 0 Å². The van der Waals surface area contributed by atoms with Gasteiger partial charge < -0.3 is 4.90 Å². The van der Waals surface area contributed by atoms with Crippen molar-refractivity contribution >= 4 is 28.8 Å². The minimum atomic E-state index is -0.801. The highest BCUT2D eigenvalue weighted by molar-refractivity contribution is 6.29. The Bertz CT molecular complexity index is 1130. The number of carbonyl (C=O) groups excluding carboxylic acids is 4. The quantitative estimate of drug-likeness (QED) is 0.659. The Labute approximate surface area is 189 Å². The van der Waals surface area contributed by atoms with Gasteiger partial charge in [-0.05, 0) is 59.2 Å². The fraction of sp³-hybridized carbons (Fsp3) is 0.333. The number of ketones is 4. The highest BCUT2D eigenvalue weighted by Gasteiger charge is 2.40. The number of nitrogens with zero attached hydrogens (tertiary/aromatic N) is 1. The van der Waals surface area contributed by atoms with Crippen molar-refractivity contribution in [2.75, 3.05) is 19.0 Å². The molecule has 1 aromatic rings. The van der Waals surface area contributed by atoms with Crippen molar-refractivity contribution in [2.45, 2.75) is 47.5 Å². The Morgan fingerprint density at radius 3 is 1.22 bits per heavy atom. The van der Waals surface area contributed by atoms with Crippen LogP contribution in [0.4, 0.5) is 5.69 Å². The molecule has 0 atom stereocenters. The van der Waals surface area contributed by atoms with Crippen molar-refractivity contribution in [2.24, 2.45) is 0 Å². The molecule has 5 heteroatoms. The van der Waals surface area contributed by atoms with E-state index in [2.05, 4.69) is 0 Å². The summed E-state index contributed by atoms with van der Waals surface area (Å²) in [6.45, 7) is 9.83. The number of benzene rings is 1. The van der Waals surface area contributed by atoms with Crippen LogP contribution < -0.4 is 4.90 Å².